The molecule has 1 aliphatic rings. The highest BCUT2D eigenvalue weighted by Crippen LogP contribution is 2.18. The van der Waals surface area contributed by atoms with Gasteiger partial charge in [-0.3, -0.25) is 0 Å². The normalized spacial score (nSPS) is 18.6. The zero-order valence-corrected chi connectivity index (χ0v) is 11.6. The standard InChI is InChI=1S/C14H18N2O2S/c15-9-5-8-13-6-1-2-7-14(13)12-16-10-3-4-11-19(16,17)18/h1-2,6-7H,3-4,9-12,15H2. The number of rotatable bonds is 2. The van der Waals surface area contributed by atoms with E-state index in [9.17, 15) is 8.42 Å². The zero-order chi connectivity index (χ0) is 13.7. The van der Waals surface area contributed by atoms with Gasteiger partial charge in [0, 0.05) is 18.7 Å². The highest BCUT2D eigenvalue weighted by molar-refractivity contribution is 7.89. The average Bonchev–Trinajstić information content (AvgIpc) is 2.40. The molecule has 1 saturated heterocycles. The van der Waals surface area contributed by atoms with E-state index in [1.165, 1.54) is 0 Å². The Morgan fingerprint density at radius 2 is 2.05 bits per heavy atom. The summed E-state index contributed by atoms with van der Waals surface area (Å²) in [5.41, 5.74) is 7.17. The summed E-state index contributed by atoms with van der Waals surface area (Å²) in [5.74, 6) is 6.06. The molecule has 102 valence electrons. The summed E-state index contributed by atoms with van der Waals surface area (Å²) in [4.78, 5) is 0. The van der Waals surface area contributed by atoms with Gasteiger partial charge in [0.25, 0.3) is 0 Å². The second-order valence-electron chi connectivity index (χ2n) is 4.52. The molecule has 1 aromatic carbocycles. The van der Waals surface area contributed by atoms with Gasteiger partial charge in [-0.1, -0.05) is 30.0 Å². The lowest BCUT2D eigenvalue weighted by Gasteiger charge is -2.26. The molecule has 1 aromatic rings. The Hall–Kier alpha value is -1.35. The van der Waals surface area contributed by atoms with Crippen molar-refractivity contribution in [3.05, 3.63) is 35.4 Å². The Morgan fingerprint density at radius 1 is 1.26 bits per heavy atom. The van der Waals surface area contributed by atoms with Gasteiger partial charge in [0.05, 0.1) is 12.3 Å². The quantitative estimate of drug-likeness (QED) is 0.818. The Morgan fingerprint density at radius 3 is 2.79 bits per heavy atom. The van der Waals surface area contributed by atoms with Crippen LogP contribution >= 0.6 is 0 Å². The molecule has 0 spiro atoms. The number of hydrogen-bond acceptors (Lipinski definition) is 3. The number of nitrogens with two attached hydrogens (primary N) is 1. The number of hydrogen-bond donors (Lipinski definition) is 1. The monoisotopic (exact) mass is 278 g/mol. The Bertz CT molecular complexity index is 599. The van der Waals surface area contributed by atoms with E-state index in [-0.39, 0.29) is 5.75 Å². The van der Waals surface area contributed by atoms with Gasteiger partial charge in [-0.15, -0.1) is 0 Å². The van der Waals surface area contributed by atoms with E-state index in [0.29, 0.717) is 19.6 Å². The fourth-order valence-corrected chi connectivity index (χ4v) is 3.70. The summed E-state index contributed by atoms with van der Waals surface area (Å²) in [7, 11) is -3.10. The topological polar surface area (TPSA) is 63.4 Å². The van der Waals surface area contributed by atoms with Gasteiger partial charge in [-0.2, -0.15) is 4.31 Å². The van der Waals surface area contributed by atoms with Gasteiger partial charge in [0.2, 0.25) is 10.0 Å². The van der Waals surface area contributed by atoms with E-state index in [1.54, 1.807) is 4.31 Å². The maximum atomic E-state index is 12.0. The molecule has 0 aliphatic carbocycles. The number of benzene rings is 1. The maximum absolute atomic E-state index is 12.0. The second-order valence-corrected chi connectivity index (χ2v) is 6.61. The molecule has 2 rings (SSSR count). The third-order valence-electron chi connectivity index (χ3n) is 3.14. The van der Waals surface area contributed by atoms with Crippen molar-refractivity contribution in [1.29, 1.82) is 0 Å². The molecule has 2 N–H and O–H groups in total. The largest absolute Gasteiger partial charge is 0.320 e. The highest BCUT2D eigenvalue weighted by atomic mass is 32.2. The van der Waals surface area contributed by atoms with Crippen molar-refractivity contribution >= 4 is 10.0 Å². The van der Waals surface area contributed by atoms with Crippen molar-refractivity contribution in [2.45, 2.75) is 19.4 Å². The molecule has 1 aliphatic heterocycles. The summed E-state index contributed by atoms with van der Waals surface area (Å²) in [5, 5.41) is 0. The molecule has 0 radical (unpaired) electrons. The van der Waals surface area contributed by atoms with Crippen LogP contribution < -0.4 is 5.73 Å². The molecule has 0 amide bonds. The highest BCUT2D eigenvalue weighted by Gasteiger charge is 2.25. The van der Waals surface area contributed by atoms with Gasteiger partial charge < -0.3 is 5.73 Å². The third kappa shape index (κ3) is 3.57. The fourth-order valence-electron chi connectivity index (χ4n) is 2.13. The lowest BCUT2D eigenvalue weighted by molar-refractivity contribution is 0.378. The predicted octanol–water partition coefficient (Wildman–Crippen LogP) is 0.922. The van der Waals surface area contributed by atoms with Gasteiger partial charge in [0.1, 0.15) is 0 Å². The number of sulfonamides is 1. The van der Waals surface area contributed by atoms with Crippen molar-refractivity contribution in [3.8, 4) is 11.8 Å². The first-order valence-electron chi connectivity index (χ1n) is 6.38. The molecule has 1 heterocycles. The molecule has 5 heteroatoms. The number of nitrogens with zero attached hydrogens (tertiary/aromatic N) is 1. The smallest absolute Gasteiger partial charge is 0.214 e. The molecule has 0 aromatic heterocycles. The van der Waals surface area contributed by atoms with Crippen molar-refractivity contribution in [2.75, 3.05) is 18.8 Å². The van der Waals surface area contributed by atoms with E-state index < -0.39 is 10.0 Å². The summed E-state index contributed by atoms with van der Waals surface area (Å²) in [6.07, 6.45) is 1.68. The lowest BCUT2D eigenvalue weighted by atomic mass is 10.1. The minimum absolute atomic E-state index is 0.254. The molecule has 0 atom stereocenters. The first-order chi connectivity index (χ1) is 9.13. The van der Waals surface area contributed by atoms with E-state index in [1.807, 2.05) is 24.3 Å². The zero-order valence-electron chi connectivity index (χ0n) is 10.8. The van der Waals surface area contributed by atoms with Crippen LogP contribution in [-0.2, 0) is 16.6 Å². The Kier molecular flexibility index (Phi) is 4.59. The SMILES string of the molecule is NCC#Cc1ccccc1CN1CCCCS1(=O)=O. The third-order valence-corrected chi connectivity index (χ3v) is 5.05. The van der Waals surface area contributed by atoms with Crippen LogP contribution in [-0.4, -0.2) is 31.6 Å². The molecule has 0 unspecified atom stereocenters. The van der Waals surface area contributed by atoms with Crippen molar-refractivity contribution in [3.63, 3.8) is 0 Å². The molecule has 0 bridgehead atoms. The summed E-state index contributed by atoms with van der Waals surface area (Å²) in [6, 6.07) is 7.62. The minimum Gasteiger partial charge on any atom is -0.320 e. The summed E-state index contributed by atoms with van der Waals surface area (Å²) in [6.45, 7) is 1.30. The first-order valence-corrected chi connectivity index (χ1v) is 7.99. The summed E-state index contributed by atoms with van der Waals surface area (Å²) < 4.78 is 25.5. The van der Waals surface area contributed by atoms with Crippen LogP contribution in [0.3, 0.4) is 0 Å². The van der Waals surface area contributed by atoms with Crippen LogP contribution in [0.4, 0.5) is 0 Å². The van der Waals surface area contributed by atoms with Gasteiger partial charge in [-0.05, 0) is 24.5 Å². The lowest BCUT2D eigenvalue weighted by Crippen LogP contribution is -2.37. The van der Waals surface area contributed by atoms with Crippen molar-refractivity contribution in [1.82, 2.24) is 4.31 Å². The Labute approximate surface area is 114 Å². The first kappa shape index (κ1) is 14.1. The maximum Gasteiger partial charge on any atom is 0.214 e. The molecule has 0 saturated carbocycles. The van der Waals surface area contributed by atoms with Gasteiger partial charge in [-0.25, -0.2) is 8.42 Å². The van der Waals surface area contributed by atoms with Crippen LogP contribution in [0.5, 0.6) is 0 Å². The van der Waals surface area contributed by atoms with Crippen LogP contribution in [0, 0.1) is 11.8 Å². The molecule has 1 fully saturated rings. The van der Waals surface area contributed by atoms with Crippen molar-refractivity contribution in [2.24, 2.45) is 5.73 Å². The fraction of sp³-hybridized carbons (Fsp3) is 0.429. The van der Waals surface area contributed by atoms with E-state index in [0.717, 1.165) is 24.0 Å². The molecule has 19 heavy (non-hydrogen) atoms. The van der Waals surface area contributed by atoms with Gasteiger partial charge >= 0.3 is 0 Å². The summed E-state index contributed by atoms with van der Waals surface area (Å²) >= 11 is 0. The van der Waals surface area contributed by atoms with Gasteiger partial charge in [0.15, 0.2) is 0 Å². The average molecular weight is 278 g/mol. The predicted molar refractivity (Wildman–Crippen MR) is 75.8 cm³/mol. The molecule has 4 nitrogen and oxygen atoms in total. The van der Waals surface area contributed by atoms with Crippen LogP contribution in [0.25, 0.3) is 0 Å². The van der Waals surface area contributed by atoms with Crippen LogP contribution in [0.15, 0.2) is 24.3 Å². The van der Waals surface area contributed by atoms with E-state index in [4.69, 9.17) is 5.73 Å². The van der Waals surface area contributed by atoms with Crippen LogP contribution in [0.2, 0.25) is 0 Å². The van der Waals surface area contributed by atoms with Crippen LogP contribution in [0.1, 0.15) is 24.0 Å². The Balaban J connectivity index is 2.23. The second kappa shape index (κ2) is 6.20. The molecular weight excluding hydrogens is 260 g/mol. The molecular formula is C14H18N2O2S. The van der Waals surface area contributed by atoms with E-state index in [2.05, 4.69) is 11.8 Å². The van der Waals surface area contributed by atoms with Crippen molar-refractivity contribution < 1.29 is 8.42 Å². The minimum atomic E-state index is -3.10. The van der Waals surface area contributed by atoms with E-state index >= 15 is 0 Å².